The Morgan fingerprint density at radius 1 is 1.38 bits per heavy atom. The van der Waals surface area contributed by atoms with Crippen LogP contribution in [0.25, 0.3) is 11.0 Å². The second-order valence-electron chi connectivity index (χ2n) is 3.16. The van der Waals surface area contributed by atoms with E-state index in [1.54, 1.807) is 0 Å². The number of H-pyrrole nitrogens is 1. The molecule has 0 unspecified atom stereocenters. The smallest absolute Gasteiger partial charge is 0.0882 e. The van der Waals surface area contributed by atoms with Crippen LogP contribution in [0.4, 0.5) is 0 Å². The summed E-state index contributed by atoms with van der Waals surface area (Å²) >= 11 is 0. The molecule has 68 valence electrons. The van der Waals surface area contributed by atoms with Gasteiger partial charge < -0.3 is 10.3 Å². The Hall–Kier alpha value is -1.35. The topological polar surface area (TPSA) is 40.7 Å². The zero-order valence-electron chi connectivity index (χ0n) is 7.83. The fourth-order valence-electron chi connectivity index (χ4n) is 1.34. The maximum absolute atomic E-state index is 4.51. The van der Waals surface area contributed by atoms with Gasteiger partial charge in [0, 0.05) is 12.2 Å². The van der Waals surface area contributed by atoms with Crippen LogP contribution in [0.15, 0.2) is 24.4 Å². The average Bonchev–Trinajstić information content (AvgIpc) is 2.63. The number of aromatic nitrogens is 2. The van der Waals surface area contributed by atoms with Gasteiger partial charge in [0.05, 0.1) is 16.7 Å². The molecular weight excluding hydrogens is 162 g/mol. The summed E-state index contributed by atoms with van der Waals surface area (Å²) in [4.78, 5) is 7.63. The van der Waals surface area contributed by atoms with E-state index in [1.807, 2.05) is 25.4 Å². The molecule has 0 fully saturated rings. The molecule has 0 aliphatic rings. The first-order valence-electron chi connectivity index (χ1n) is 4.42. The second-order valence-corrected chi connectivity index (χ2v) is 3.16. The first kappa shape index (κ1) is 8.26. The Morgan fingerprint density at radius 2 is 2.23 bits per heavy atom. The van der Waals surface area contributed by atoms with E-state index in [0.29, 0.717) is 6.04 Å². The highest BCUT2D eigenvalue weighted by Gasteiger charge is 2.04. The van der Waals surface area contributed by atoms with Gasteiger partial charge in [0.15, 0.2) is 0 Å². The third kappa shape index (κ3) is 1.42. The third-order valence-electron chi connectivity index (χ3n) is 2.30. The van der Waals surface area contributed by atoms with E-state index in [0.717, 1.165) is 16.7 Å². The van der Waals surface area contributed by atoms with Crippen molar-refractivity contribution in [2.45, 2.75) is 13.0 Å². The molecule has 2 heterocycles. The molecule has 0 aliphatic carbocycles. The average molecular weight is 175 g/mol. The minimum atomic E-state index is 0.305. The molecule has 0 saturated heterocycles. The molecule has 2 rings (SSSR count). The summed E-state index contributed by atoms with van der Waals surface area (Å²) in [5.41, 5.74) is 3.20. The molecule has 3 heteroatoms. The van der Waals surface area contributed by atoms with Crippen LogP contribution >= 0.6 is 0 Å². The van der Waals surface area contributed by atoms with E-state index in [1.165, 1.54) is 0 Å². The molecule has 3 nitrogen and oxygen atoms in total. The Kier molecular flexibility index (Phi) is 2.02. The lowest BCUT2D eigenvalue weighted by Crippen LogP contribution is -2.13. The highest BCUT2D eigenvalue weighted by Crippen LogP contribution is 2.14. The van der Waals surface area contributed by atoms with Crippen molar-refractivity contribution in [3.63, 3.8) is 0 Å². The minimum absolute atomic E-state index is 0.305. The van der Waals surface area contributed by atoms with Crippen LogP contribution in [0.1, 0.15) is 18.7 Å². The standard InChI is InChI=1S/C10H13N3/c1-7(11-2)8-3-4-9-10(13-8)5-6-12-9/h3-7,11-12H,1-2H3/t7-/m1/s1. The van der Waals surface area contributed by atoms with Gasteiger partial charge in [-0.05, 0) is 32.2 Å². The molecule has 2 N–H and O–H groups in total. The predicted molar refractivity (Wildman–Crippen MR) is 53.6 cm³/mol. The molecule has 2 aromatic rings. The summed E-state index contributed by atoms with van der Waals surface area (Å²) < 4.78 is 0. The first-order chi connectivity index (χ1) is 6.31. The molecule has 0 saturated carbocycles. The summed E-state index contributed by atoms with van der Waals surface area (Å²) in [6.45, 7) is 2.10. The van der Waals surface area contributed by atoms with Crippen molar-refractivity contribution in [2.75, 3.05) is 7.05 Å². The van der Waals surface area contributed by atoms with Gasteiger partial charge in [-0.1, -0.05) is 0 Å². The number of pyridine rings is 1. The monoisotopic (exact) mass is 175 g/mol. The van der Waals surface area contributed by atoms with E-state index in [4.69, 9.17) is 0 Å². The molecule has 0 amide bonds. The molecular formula is C10H13N3. The van der Waals surface area contributed by atoms with Crippen LogP contribution in [0.2, 0.25) is 0 Å². The van der Waals surface area contributed by atoms with Crippen molar-refractivity contribution in [1.82, 2.24) is 15.3 Å². The molecule has 0 aromatic carbocycles. The van der Waals surface area contributed by atoms with Gasteiger partial charge in [0.25, 0.3) is 0 Å². The fourth-order valence-corrected chi connectivity index (χ4v) is 1.34. The second kappa shape index (κ2) is 3.18. The number of fused-ring (bicyclic) bond motifs is 1. The number of hydrogen-bond acceptors (Lipinski definition) is 2. The molecule has 2 aromatic heterocycles. The van der Waals surface area contributed by atoms with Crippen molar-refractivity contribution >= 4 is 11.0 Å². The van der Waals surface area contributed by atoms with Gasteiger partial charge in [-0.3, -0.25) is 0 Å². The van der Waals surface area contributed by atoms with Crippen LogP contribution in [0.5, 0.6) is 0 Å². The Balaban J connectivity index is 2.48. The number of rotatable bonds is 2. The maximum Gasteiger partial charge on any atom is 0.0882 e. The molecule has 0 spiro atoms. The number of nitrogens with one attached hydrogen (secondary N) is 2. The first-order valence-corrected chi connectivity index (χ1v) is 4.42. The highest BCUT2D eigenvalue weighted by molar-refractivity contribution is 5.74. The molecule has 0 aliphatic heterocycles. The summed E-state index contributed by atoms with van der Waals surface area (Å²) in [6, 6.07) is 6.39. The highest BCUT2D eigenvalue weighted by atomic mass is 14.9. The van der Waals surface area contributed by atoms with E-state index in [-0.39, 0.29) is 0 Å². The van der Waals surface area contributed by atoms with Crippen LogP contribution in [0, 0.1) is 0 Å². The van der Waals surface area contributed by atoms with Crippen molar-refractivity contribution in [2.24, 2.45) is 0 Å². The van der Waals surface area contributed by atoms with Gasteiger partial charge in [-0.15, -0.1) is 0 Å². The van der Waals surface area contributed by atoms with Crippen molar-refractivity contribution < 1.29 is 0 Å². The zero-order valence-corrected chi connectivity index (χ0v) is 7.83. The Morgan fingerprint density at radius 3 is 3.00 bits per heavy atom. The van der Waals surface area contributed by atoms with Crippen LogP contribution < -0.4 is 5.32 Å². The van der Waals surface area contributed by atoms with Gasteiger partial charge in [-0.25, -0.2) is 4.98 Å². The Labute approximate surface area is 77.2 Å². The van der Waals surface area contributed by atoms with Crippen LogP contribution in [-0.2, 0) is 0 Å². The van der Waals surface area contributed by atoms with Crippen molar-refractivity contribution in [1.29, 1.82) is 0 Å². The third-order valence-corrected chi connectivity index (χ3v) is 2.30. The van der Waals surface area contributed by atoms with E-state index in [2.05, 4.69) is 28.3 Å². The van der Waals surface area contributed by atoms with Crippen LogP contribution in [0.3, 0.4) is 0 Å². The summed E-state index contributed by atoms with van der Waals surface area (Å²) in [5, 5.41) is 3.17. The number of nitrogens with zero attached hydrogens (tertiary/aromatic N) is 1. The van der Waals surface area contributed by atoms with Gasteiger partial charge >= 0.3 is 0 Å². The van der Waals surface area contributed by atoms with Gasteiger partial charge in [0.2, 0.25) is 0 Å². The Bertz CT molecular complexity index is 405. The van der Waals surface area contributed by atoms with Crippen molar-refractivity contribution in [3.05, 3.63) is 30.1 Å². The summed E-state index contributed by atoms with van der Waals surface area (Å²) in [6.07, 6.45) is 1.91. The van der Waals surface area contributed by atoms with E-state index < -0.39 is 0 Å². The van der Waals surface area contributed by atoms with Gasteiger partial charge in [0.1, 0.15) is 0 Å². The SMILES string of the molecule is CN[C@H](C)c1ccc2[nH]ccc2n1. The lowest BCUT2D eigenvalue weighted by atomic mass is 10.2. The fraction of sp³-hybridized carbons (Fsp3) is 0.300. The quantitative estimate of drug-likeness (QED) is 0.731. The predicted octanol–water partition coefficient (Wildman–Crippen LogP) is 1.84. The summed E-state index contributed by atoms with van der Waals surface area (Å²) in [5.74, 6) is 0. The normalized spacial score (nSPS) is 13.4. The summed E-state index contributed by atoms with van der Waals surface area (Å²) in [7, 11) is 1.94. The lowest BCUT2D eigenvalue weighted by molar-refractivity contribution is 0.635. The van der Waals surface area contributed by atoms with Gasteiger partial charge in [-0.2, -0.15) is 0 Å². The minimum Gasteiger partial charge on any atom is -0.360 e. The number of aromatic amines is 1. The lowest BCUT2D eigenvalue weighted by Gasteiger charge is -2.08. The van der Waals surface area contributed by atoms with E-state index >= 15 is 0 Å². The molecule has 0 bridgehead atoms. The molecule has 13 heavy (non-hydrogen) atoms. The largest absolute Gasteiger partial charge is 0.360 e. The van der Waals surface area contributed by atoms with E-state index in [9.17, 15) is 0 Å². The number of hydrogen-bond donors (Lipinski definition) is 2. The van der Waals surface area contributed by atoms with Crippen molar-refractivity contribution in [3.8, 4) is 0 Å². The zero-order chi connectivity index (χ0) is 9.26. The molecule has 0 radical (unpaired) electrons. The van der Waals surface area contributed by atoms with Crippen LogP contribution in [-0.4, -0.2) is 17.0 Å². The maximum atomic E-state index is 4.51. The molecule has 1 atom stereocenters.